The van der Waals surface area contributed by atoms with Gasteiger partial charge in [-0.2, -0.15) is 0 Å². The number of aromatic hydroxyl groups is 1. The summed E-state index contributed by atoms with van der Waals surface area (Å²) < 4.78 is 0. The molecule has 0 bridgehead atoms. The van der Waals surface area contributed by atoms with Gasteiger partial charge < -0.3 is 10.4 Å². The molecule has 0 radical (unpaired) electrons. The van der Waals surface area contributed by atoms with Crippen molar-refractivity contribution in [2.75, 3.05) is 12.4 Å². The van der Waals surface area contributed by atoms with Crippen LogP contribution in [0.3, 0.4) is 0 Å². The van der Waals surface area contributed by atoms with Crippen molar-refractivity contribution in [3.63, 3.8) is 0 Å². The number of anilines is 1. The first-order chi connectivity index (χ1) is 10.9. The molecule has 2 N–H and O–H groups in total. The molecule has 0 aromatic heterocycles. The molecule has 6 nitrogen and oxygen atoms in total. The van der Waals surface area contributed by atoms with E-state index in [0.717, 1.165) is 4.90 Å². The van der Waals surface area contributed by atoms with Crippen molar-refractivity contribution in [2.24, 2.45) is 0 Å². The third kappa shape index (κ3) is 2.53. The Hall–Kier alpha value is -2.86. The third-order valence-electron chi connectivity index (χ3n) is 3.56. The number of fused-ring (bicyclic) bond motifs is 1. The number of hydrogen-bond donors (Lipinski definition) is 2. The van der Waals surface area contributed by atoms with E-state index in [-0.39, 0.29) is 28.1 Å². The fourth-order valence-electron chi connectivity index (χ4n) is 2.31. The number of amides is 3. The Labute approximate surface area is 136 Å². The maximum absolute atomic E-state index is 12.3. The van der Waals surface area contributed by atoms with Crippen molar-refractivity contribution in [3.05, 3.63) is 58.1 Å². The molecule has 1 aliphatic rings. The molecule has 1 aliphatic heterocycles. The first kappa shape index (κ1) is 15.1. The third-order valence-corrected chi connectivity index (χ3v) is 3.79. The molecule has 2 aromatic rings. The second kappa shape index (κ2) is 5.40. The van der Waals surface area contributed by atoms with Gasteiger partial charge in [-0.05, 0) is 36.4 Å². The van der Waals surface area contributed by atoms with Gasteiger partial charge in [0.2, 0.25) is 0 Å². The van der Waals surface area contributed by atoms with Crippen LogP contribution in [0, 0.1) is 0 Å². The zero-order valence-corrected chi connectivity index (χ0v) is 12.7. The van der Waals surface area contributed by atoms with E-state index in [9.17, 15) is 19.5 Å². The predicted molar refractivity (Wildman–Crippen MR) is 83.9 cm³/mol. The molecule has 116 valence electrons. The molecule has 3 rings (SSSR count). The van der Waals surface area contributed by atoms with Gasteiger partial charge in [0.05, 0.1) is 16.8 Å². The summed E-state index contributed by atoms with van der Waals surface area (Å²) in [4.78, 5) is 37.0. The second-order valence-corrected chi connectivity index (χ2v) is 5.48. The smallest absolute Gasteiger partial charge is 0.261 e. The van der Waals surface area contributed by atoms with Crippen molar-refractivity contribution in [1.82, 2.24) is 4.90 Å². The Morgan fingerprint density at radius 3 is 2.52 bits per heavy atom. The lowest BCUT2D eigenvalue weighted by Gasteiger charge is -2.08. The second-order valence-electron chi connectivity index (χ2n) is 5.05. The first-order valence-corrected chi connectivity index (χ1v) is 7.02. The summed E-state index contributed by atoms with van der Waals surface area (Å²) in [5.41, 5.74) is 0.794. The Kier molecular flexibility index (Phi) is 3.54. The van der Waals surface area contributed by atoms with Crippen molar-refractivity contribution in [2.45, 2.75) is 0 Å². The number of phenolic OH excluding ortho intramolecular Hbond substituents is 1. The summed E-state index contributed by atoms with van der Waals surface area (Å²) in [7, 11) is 1.38. The fraction of sp³-hybridized carbons (Fsp3) is 0.0625. The number of phenols is 1. The molecule has 0 spiro atoms. The lowest BCUT2D eigenvalue weighted by atomic mass is 10.1. The van der Waals surface area contributed by atoms with Crippen LogP contribution >= 0.6 is 11.6 Å². The SMILES string of the molecule is CN1C(=O)c2ccc(C(=O)Nc3cc(Cl)ccc3O)cc2C1=O. The molecule has 3 amide bonds. The quantitative estimate of drug-likeness (QED) is 0.654. The van der Waals surface area contributed by atoms with Gasteiger partial charge in [0.1, 0.15) is 5.75 Å². The normalized spacial score (nSPS) is 13.2. The van der Waals surface area contributed by atoms with Crippen LogP contribution in [0.15, 0.2) is 36.4 Å². The summed E-state index contributed by atoms with van der Waals surface area (Å²) >= 11 is 5.82. The minimum Gasteiger partial charge on any atom is -0.506 e. The number of halogens is 1. The van der Waals surface area contributed by atoms with E-state index >= 15 is 0 Å². The number of imide groups is 1. The van der Waals surface area contributed by atoms with Crippen molar-refractivity contribution >= 4 is 35.0 Å². The number of nitrogens with one attached hydrogen (secondary N) is 1. The number of carbonyl (C=O) groups excluding carboxylic acids is 3. The average Bonchev–Trinajstić information content (AvgIpc) is 2.75. The summed E-state index contributed by atoms with van der Waals surface area (Å²) in [6, 6.07) is 8.49. The van der Waals surface area contributed by atoms with Crippen molar-refractivity contribution in [3.8, 4) is 5.75 Å². The molecule has 0 unspecified atom stereocenters. The lowest BCUT2D eigenvalue weighted by molar-refractivity contribution is 0.0693. The summed E-state index contributed by atoms with van der Waals surface area (Å²) in [5.74, 6) is -1.51. The fourth-order valence-corrected chi connectivity index (χ4v) is 2.48. The van der Waals surface area contributed by atoms with Crippen molar-refractivity contribution in [1.29, 1.82) is 0 Å². The minimum absolute atomic E-state index is 0.130. The van der Waals surface area contributed by atoms with Crippen LogP contribution in [-0.2, 0) is 0 Å². The summed E-state index contributed by atoms with van der Waals surface area (Å²) in [6.07, 6.45) is 0. The molecule has 0 fully saturated rings. The first-order valence-electron chi connectivity index (χ1n) is 6.65. The van der Waals surface area contributed by atoms with Crippen LogP contribution in [0.2, 0.25) is 5.02 Å². The van der Waals surface area contributed by atoms with Gasteiger partial charge >= 0.3 is 0 Å². The molecule has 7 heteroatoms. The van der Waals surface area contributed by atoms with Gasteiger partial charge in [0, 0.05) is 17.6 Å². The van der Waals surface area contributed by atoms with Crippen LogP contribution in [0.5, 0.6) is 5.75 Å². The zero-order valence-electron chi connectivity index (χ0n) is 12.0. The molecular formula is C16H11ClN2O4. The number of carbonyl (C=O) groups is 3. The monoisotopic (exact) mass is 330 g/mol. The average molecular weight is 331 g/mol. The molecule has 0 saturated heterocycles. The zero-order chi connectivity index (χ0) is 16.7. The largest absolute Gasteiger partial charge is 0.506 e. The van der Waals surface area contributed by atoms with Gasteiger partial charge in [-0.15, -0.1) is 0 Å². The molecule has 1 heterocycles. The van der Waals surface area contributed by atoms with Crippen LogP contribution in [0.1, 0.15) is 31.1 Å². The van der Waals surface area contributed by atoms with E-state index in [0.29, 0.717) is 5.02 Å². The van der Waals surface area contributed by atoms with Crippen LogP contribution in [0.25, 0.3) is 0 Å². The standard InChI is InChI=1S/C16H11ClN2O4/c1-19-15(22)10-4-2-8(6-11(10)16(19)23)14(21)18-12-7-9(17)3-5-13(12)20/h2-7,20H,1H3,(H,18,21). The van der Waals surface area contributed by atoms with Gasteiger partial charge in [0.15, 0.2) is 0 Å². The molecule has 0 saturated carbocycles. The predicted octanol–water partition coefficient (Wildman–Crippen LogP) is 2.52. The molecule has 0 aliphatic carbocycles. The number of hydrogen-bond acceptors (Lipinski definition) is 4. The molecule has 0 atom stereocenters. The highest BCUT2D eigenvalue weighted by molar-refractivity contribution is 6.31. The Balaban J connectivity index is 1.92. The van der Waals surface area contributed by atoms with Gasteiger partial charge in [-0.1, -0.05) is 11.6 Å². The summed E-state index contributed by atoms with van der Waals surface area (Å²) in [5, 5.41) is 12.6. The number of benzene rings is 2. The van der Waals surface area contributed by atoms with Crippen LogP contribution < -0.4 is 5.32 Å². The van der Waals surface area contributed by atoms with E-state index in [1.54, 1.807) is 0 Å². The van der Waals surface area contributed by atoms with E-state index in [1.807, 2.05) is 0 Å². The van der Waals surface area contributed by atoms with E-state index < -0.39 is 17.7 Å². The summed E-state index contributed by atoms with van der Waals surface area (Å²) in [6.45, 7) is 0. The molecule has 2 aromatic carbocycles. The minimum atomic E-state index is -0.528. The topological polar surface area (TPSA) is 86.7 Å². The van der Waals surface area contributed by atoms with Gasteiger partial charge in [-0.25, -0.2) is 0 Å². The lowest BCUT2D eigenvalue weighted by Crippen LogP contribution is -2.24. The highest BCUT2D eigenvalue weighted by Gasteiger charge is 2.33. The molecular weight excluding hydrogens is 320 g/mol. The Morgan fingerprint density at radius 1 is 1.09 bits per heavy atom. The number of rotatable bonds is 2. The molecule has 23 heavy (non-hydrogen) atoms. The Morgan fingerprint density at radius 2 is 1.78 bits per heavy atom. The maximum Gasteiger partial charge on any atom is 0.261 e. The van der Waals surface area contributed by atoms with Crippen LogP contribution in [0.4, 0.5) is 5.69 Å². The van der Waals surface area contributed by atoms with E-state index in [2.05, 4.69) is 5.32 Å². The van der Waals surface area contributed by atoms with E-state index in [1.165, 1.54) is 43.4 Å². The van der Waals surface area contributed by atoms with Gasteiger partial charge in [0.25, 0.3) is 17.7 Å². The van der Waals surface area contributed by atoms with E-state index in [4.69, 9.17) is 11.6 Å². The number of nitrogens with zero attached hydrogens (tertiary/aromatic N) is 1. The Bertz CT molecular complexity index is 863. The maximum atomic E-state index is 12.3. The highest BCUT2D eigenvalue weighted by Crippen LogP contribution is 2.28. The van der Waals surface area contributed by atoms with Crippen molar-refractivity contribution < 1.29 is 19.5 Å². The highest BCUT2D eigenvalue weighted by atomic mass is 35.5. The van der Waals surface area contributed by atoms with Crippen LogP contribution in [-0.4, -0.2) is 34.8 Å². The van der Waals surface area contributed by atoms with Gasteiger partial charge in [-0.3, -0.25) is 19.3 Å².